The highest BCUT2D eigenvalue weighted by atomic mass is 19.5. The molecule has 2 nitrogen and oxygen atoms in total. The minimum Gasteiger partial charge on any atom is -0.418 e. The van der Waals surface area contributed by atoms with E-state index >= 15 is 0 Å². The van der Waals surface area contributed by atoms with Gasteiger partial charge in [-0.15, -0.1) is 0 Å². The van der Waals surface area contributed by atoms with Gasteiger partial charge in [-0.3, -0.25) is 0 Å². The van der Waals surface area contributed by atoms with E-state index < -0.39 is 7.25 Å². The molecular weight excluding hydrogens is 513 g/mol. The molecule has 0 bridgehead atoms. The zero-order valence-corrected chi connectivity index (χ0v) is 23.0. The van der Waals surface area contributed by atoms with Crippen LogP contribution in [-0.2, 0) is 0 Å². The predicted molar refractivity (Wildman–Crippen MR) is 161 cm³/mol. The molecule has 0 amide bonds. The molecule has 0 radical (unpaired) electrons. The molecule has 0 saturated carbocycles. The third-order valence-electron chi connectivity index (χ3n) is 6.07. The number of hydrogen-bond donors (Lipinski definition) is 0. The fourth-order valence-electron chi connectivity index (χ4n) is 4.02. The zero-order chi connectivity index (χ0) is 29.0. The van der Waals surface area contributed by atoms with Crippen LogP contribution in [0.4, 0.5) is 23.0 Å². The van der Waals surface area contributed by atoms with Crippen LogP contribution in [0.25, 0.3) is 34.1 Å². The first-order chi connectivity index (χ1) is 19.1. The molecule has 7 heteroatoms. The van der Waals surface area contributed by atoms with Crippen molar-refractivity contribution in [2.75, 3.05) is 19.0 Å². The van der Waals surface area contributed by atoms with Gasteiger partial charge in [-0.05, 0) is 54.3 Å². The Morgan fingerprint density at radius 1 is 0.775 bits per heavy atom. The minimum absolute atomic E-state index is 0.882. The largest absolute Gasteiger partial charge is 0.673 e. The molecule has 0 aliphatic heterocycles. The van der Waals surface area contributed by atoms with E-state index in [0.717, 1.165) is 41.9 Å². The molecule has 4 rings (SSSR count). The Hall–Kier alpha value is -4.13. The Labute approximate surface area is 234 Å². The fraction of sp³-hybridized carbons (Fsp3) is 0.182. The van der Waals surface area contributed by atoms with E-state index in [2.05, 4.69) is 135 Å². The number of nitrogens with zero attached hydrogens (tertiary/aromatic N) is 1. The zero-order valence-electron chi connectivity index (χ0n) is 23.0. The van der Waals surface area contributed by atoms with Gasteiger partial charge in [0.2, 0.25) is 0 Å². The van der Waals surface area contributed by atoms with Gasteiger partial charge >= 0.3 is 18.8 Å². The van der Waals surface area contributed by atoms with Crippen LogP contribution in [0.1, 0.15) is 37.5 Å². The molecule has 0 aliphatic rings. The Kier molecular flexibility index (Phi) is 11.3. The lowest BCUT2D eigenvalue weighted by Crippen LogP contribution is -2.07. The highest BCUT2D eigenvalue weighted by molar-refractivity contribution is 6.50. The van der Waals surface area contributed by atoms with Gasteiger partial charge in [0.05, 0.1) is 23.3 Å². The Morgan fingerprint density at radius 2 is 1.35 bits per heavy atom. The lowest BCUT2D eigenvalue weighted by atomic mass is 9.99. The van der Waals surface area contributed by atoms with Crippen molar-refractivity contribution in [3.63, 3.8) is 0 Å². The highest BCUT2D eigenvalue weighted by Gasteiger charge is 2.22. The molecule has 0 N–H and O–H groups in total. The molecule has 0 spiro atoms. The van der Waals surface area contributed by atoms with Crippen LogP contribution in [0.3, 0.4) is 0 Å². The van der Waals surface area contributed by atoms with E-state index in [4.69, 9.17) is 4.42 Å². The summed E-state index contributed by atoms with van der Waals surface area (Å²) in [5, 5.41) is 0. The molecular formula is C33H34BF4NO. The van der Waals surface area contributed by atoms with Crippen molar-refractivity contribution in [1.29, 1.82) is 0 Å². The van der Waals surface area contributed by atoms with E-state index in [1.54, 1.807) is 0 Å². The average molecular weight is 547 g/mol. The second kappa shape index (κ2) is 14.9. The second-order valence-electron chi connectivity index (χ2n) is 9.44. The standard InChI is InChI=1S/C33H34NO.BF4/c1-4-5-14-28(19-12-13-26-20-22-31(23-21-26)34(2)3)32-24-30(27-15-8-6-9-16-27)25-33(35-32)29-17-10-7-11-18-29;2-1(3,4)5/h6-13,15-25H,4-5,14H2,1-3H3;/q+1;-1. The van der Waals surface area contributed by atoms with Crippen molar-refractivity contribution in [1.82, 2.24) is 0 Å². The molecule has 0 fully saturated rings. The monoisotopic (exact) mass is 547 g/mol. The molecule has 208 valence electrons. The van der Waals surface area contributed by atoms with Crippen LogP contribution in [0, 0.1) is 0 Å². The van der Waals surface area contributed by atoms with Crippen molar-refractivity contribution in [2.45, 2.75) is 26.2 Å². The second-order valence-corrected chi connectivity index (χ2v) is 9.44. The first kappa shape index (κ1) is 30.4. The Morgan fingerprint density at radius 3 is 1.90 bits per heavy atom. The van der Waals surface area contributed by atoms with Gasteiger partial charge in [0, 0.05) is 25.3 Å². The molecule has 1 heterocycles. The molecule has 0 atom stereocenters. The SMILES string of the molecule is CCCCC(=CC=Cc1ccc(N(C)C)cc1)c1cc(-c2ccccc2)cc(-c2ccccc2)[o+]1.F[B-](F)(F)F. The van der Waals surface area contributed by atoms with E-state index in [-0.39, 0.29) is 0 Å². The fourth-order valence-corrected chi connectivity index (χ4v) is 4.02. The van der Waals surface area contributed by atoms with Crippen LogP contribution >= 0.6 is 0 Å². The summed E-state index contributed by atoms with van der Waals surface area (Å²) in [7, 11) is -1.88. The average Bonchev–Trinajstić information content (AvgIpc) is 2.95. The van der Waals surface area contributed by atoms with Crippen molar-refractivity contribution in [3.8, 4) is 22.5 Å². The highest BCUT2D eigenvalue weighted by Crippen LogP contribution is 2.32. The van der Waals surface area contributed by atoms with Crippen LogP contribution in [-0.4, -0.2) is 21.3 Å². The van der Waals surface area contributed by atoms with E-state index in [1.165, 1.54) is 22.4 Å². The van der Waals surface area contributed by atoms with Crippen LogP contribution in [0.5, 0.6) is 0 Å². The Balaban J connectivity index is 0.000000810. The van der Waals surface area contributed by atoms with E-state index in [0.29, 0.717) is 0 Å². The number of halogens is 4. The van der Waals surface area contributed by atoms with Crippen molar-refractivity contribution >= 4 is 24.6 Å². The molecule has 0 aliphatic carbocycles. The molecule has 0 saturated heterocycles. The number of allylic oxidation sites excluding steroid dienone is 3. The number of hydrogen-bond acceptors (Lipinski definition) is 1. The van der Waals surface area contributed by atoms with Gasteiger partial charge in [-0.25, -0.2) is 4.42 Å². The van der Waals surface area contributed by atoms with E-state index in [1.807, 2.05) is 6.07 Å². The summed E-state index contributed by atoms with van der Waals surface area (Å²) in [6.45, 7) is 2.23. The maximum atomic E-state index is 9.75. The summed E-state index contributed by atoms with van der Waals surface area (Å²) in [6.07, 6.45) is 9.72. The lowest BCUT2D eigenvalue weighted by molar-refractivity contribution is 0.368. The molecule has 1 aromatic heterocycles. The van der Waals surface area contributed by atoms with E-state index in [9.17, 15) is 17.3 Å². The summed E-state index contributed by atoms with van der Waals surface area (Å²) in [4.78, 5) is 2.11. The lowest BCUT2D eigenvalue weighted by Gasteiger charge is -2.11. The summed E-state index contributed by atoms with van der Waals surface area (Å²) >= 11 is 0. The Bertz CT molecular complexity index is 1320. The maximum Gasteiger partial charge on any atom is 0.673 e. The summed E-state index contributed by atoms with van der Waals surface area (Å²) in [5.41, 5.74) is 7.03. The van der Waals surface area contributed by atoms with Gasteiger partial charge in [0.25, 0.3) is 0 Å². The predicted octanol–water partition coefficient (Wildman–Crippen LogP) is 10.5. The minimum atomic E-state index is -6.00. The summed E-state index contributed by atoms with van der Waals surface area (Å²) in [5.74, 6) is 1.80. The molecule has 4 aromatic rings. The van der Waals surface area contributed by atoms with Gasteiger partial charge in [0.1, 0.15) is 0 Å². The number of benzene rings is 3. The van der Waals surface area contributed by atoms with Crippen LogP contribution in [0.15, 0.2) is 114 Å². The molecule has 3 aromatic carbocycles. The normalized spacial score (nSPS) is 11.7. The number of anilines is 1. The summed E-state index contributed by atoms with van der Waals surface area (Å²) < 4.78 is 45.5. The first-order valence-electron chi connectivity index (χ1n) is 13.3. The van der Waals surface area contributed by atoms with Crippen molar-refractivity contribution in [3.05, 3.63) is 121 Å². The van der Waals surface area contributed by atoms with Gasteiger partial charge in [-0.1, -0.05) is 86.2 Å². The quantitative estimate of drug-likeness (QED) is 0.0896. The maximum absolute atomic E-state index is 9.75. The van der Waals surface area contributed by atoms with Gasteiger partial charge < -0.3 is 22.2 Å². The van der Waals surface area contributed by atoms with Crippen LogP contribution < -0.4 is 4.90 Å². The number of unbranched alkanes of at least 4 members (excludes halogenated alkanes) is 1. The van der Waals surface area contributed by atoms with Crippen LogP contribution in [0.2, 0.25) is 0 Å². The molecule has 40 heavy (non-hydrogen) atoms. The van der Waals surface area contributed by atoms with Gasteiger partial charge in [-0.2, -0.15) is 0 Å². The van der Waals surface area contributed by atoms with Crippen molar-refractivity contribution in [2.24, 2.45) is 0 Å². The summed E-state index contributed by atoms with van der Waals surface area (Å²) in [6, 6.07) is 33.8. The number of rotatable bonds is 9. The topological polar surface area (TPSA) is 14.5 Å². The smallest absolute Gasteiger partial charge is 0.418 e. The third-order valence-corrected chi connectivity index (χ3v) is 6.07. The van der Waals surface area contributed by atoms with Crippen molar-refractivity contribution < 1.29 is 21.7 Å². The third kappa shape index (κ3) is 10.2. The first-order valence-corrected chi connectivity index (χ1v) is 13.3. The van der Waals surface area contributed by atoms with Gasteiger partial charge in [0.15, 0.2) is 0 Å². The molecule has 0 unspecified atom stereocenters.